The van der Waals surface area contributed by atoms with Crippen molar-refractivity contribution in [3.63, 3.8) is 0 Å². The van der Waals surface area contributed by atoms with Crippen LogP contribution in [-0.2, 0) is 24.2 Å². The highest BCUT2D eigenvalue weighted by molar-refractivity contribution is 7.08. The summed E-state index contributed by atoms with van der Waals surface area (Å²) in [6, 6.07) is 8.02. The van der Waals surface area contributed by atoms with Crippen LogP contribution >= 0.6 is 11.3 Å². The Bertz CT molecular complexity index is 905. The summed E-state index contributed by atoms with van der Waals surface area (Å²) >= 11 is 1.59. The molecule has 4 rings (SSSR count). The Balaban J connectivity index is 1.36. The molecule has 1 aliphatic heterocycles. The van der Waals surface area contributed by atoms with E-state index >= 15 is 0 Å². The number of aryl methyl sites for hydroxylation is 1. The number of carbonyl (C=O) groups is 1. The molecule has 0 spiro atoms. The van der Waals surface area contributed by atoms with Gasteiger partial charge in [-0.25, -0.2) is 0 Å². The van der Waals surface area contributed by atoms with Gasteiger partial charge in [0.25, 0.3) is 0 Å². The van der Waals surface area contributed by atoms with Crippen LogP contribution in [0.1, 0.15) is 23.4 Å². The second-order valence-electron chi connectivity index (χ2n) is 6.22. The Morgan fingerprint density at radius 1 is 1.35 bits per heavy atom. The average molecular weight is 369 g/mol. The zero-order chi connectivity index (χ0) is 17.9. The van der Waals surface area contributed by atoms with Crippen LogP contribution in [0.2, 0.25) is 0 Å². The number of nitrogens with zero attached hydrogens (tertiary/aromatic N) is 3. The molecule has 0 N–H and O–H groups in total. The number of carbonyl (C=O) groups excluding carboxylic acids is 1. The van der Waals surface area contributed by atoms with Gasteiger partial charge in [0.05, 0.1) is 7.11 Å². The summed E-state index contributed by atoms with van der Waals surface area (Å²) in [4.78, 5) is 18.8. The zero-order valence-corrected chi connectivity index (χ0v) is 15.3. The average Bonchev–Trinajstić information content (AvgIpc) is 3.36. The third kappa shape index (κ3) is 3.48. The number of thiophene rings is 1. The fourth-order valence-electron chi connectivity index (χ4n) is 3.11. The molecule has 134 valence electrons. The van der Waals surface area contributed by atoms with Crippen molar-refractivity contribution in [2.45, 2.75) is 25.8 Å². The molecule has 0 atom stereocenters. The van der Waals surface area contributed by atoms with Crippen LogP contribution in [0.15, 0.2) is 39.5 Å². The number of aromatic nitrogens is 2. The van der Waals surface area contributed by atoms with Gasteiger partial charge in [-0.15, -0.1) is 0 Å². The van der Waals surface area contributed by atoms with Gasteiger partial charge < -0.3 is 14.2 Å². The molecule has 0 fully saturated rings. The predicted molar refractivity (Wildman–Crippen MR) is 98.0 cm³/mol. The third-order valence-corrected chi connectivity index (χ3v) is 5.26. The van der Waals surface area contributed by atoms with Crippen LogP contribution in [0.3, 0.4) is 0 Å². The van der Waals surface area contributed by atoms with E-state index in [2.05, 4.69) is 16.2 Å². The number of benzene rings is 1. The number of ether oxygens (including phenoxy) is 1. The summed E-state index contributed by atoms with van der Waals surface area (Å²) in [5.41, 5.74) is 3.38. The van der Waals surface area contributed by atoms with Crippen molar-refractivity contribution in [2.24, 2.45) is 0 Å². The van der Waals surface area contributed by atoms with E-state index in [0.29, 0.717) is 31.1 Å². The summed E-state index contributed by atoms with van der Waals surface area (Å²) in [7, 11) is 1.65. The summed E-state index contributed by atoms with van der Waals surface area (Å²) in [6.45, 7) is 1.36. The molecular formula is C19H19N3O3S. The van der Waals surface area contributed by atoms with Crippen molar-refractivity contribution < 1.29 is 14.1 Å². The SMILES string of the molecule is COc1ccc2c(c1)CN(C(=O)CCc1nc(-c3ccsc3)no1)CC2. The first-order chi connectivity index (χ1) is 12.7. The quantitative estimate of drug-likeness (QED) is 0.690. The van der Waals surface area contributed by atoms with E-state index in [4.69, 9.17) is 9.26 Å². The van der Waals surface area contributed by atoms with Gasteiger partial charge in [-0.3, -0.25) is 4.79 Å². The normalized spacial score (nSPS) is 13.5. The molecule has 3 heterocycles. The van der Waals surface area contributed by atoms with Crippen LogP contribution in [0, 0.1) is 0 Å². The Morgan fingerprint density at radius 3 is 3.08 bits per heavy atom. The van der Waals surface area contributed by atoms with Gasteiger partial charge in [0.1, 0.15) is 5.75 Å². The van der Waals surface area contributed by atoms with E-state index in [9.17, 15) is 4.79 Å². The summed E-state index contributed by atoms with van der Waals surface area (Å²) in [5, 5.41) is 7.92. The van der Waals surface area contributed by atoms with Crippen LogP contribution in [-0.4, -0.2) is 34.6 Å². The highest BCUT2D eigenvalue weighted by Crippen LogP contribution is 2.24. The molecule has 7 heteroatoms. The minimum Gasteiger partial charge on any atom is -0.497 e. The lowest BCUT2D eigenvalue weighted by molar-refractivity contribution is -0.132. The maximum absolute atomic E-state index is 12.6. The molecule has 26 heavy (non-hydrogen) atoms. The lowest BCUT2D eigenvalue weighted by atomic mass is 9.99. The molecule has 0 saturated heterocycles. The fraction of sp³-hybridized carbons (Fsp3) is 0.316. The molecule has 0 saturated carbocycles. The minimum atomic E-state index is 0.105. The van der Waals surface area contributed by atoms with E-state index in [1.807, 2.05) is 33.9 Å². The van der Waals surface area contributed by atoms with E-state index in [0.717, 1.165) is 29.8 Å². The predicted octanol–water partition coefficient (Wildman–Crippen LogP) is 3.32. The van der Waals surface area contributed by atoms with Crippen LogP contribution in [0.5, 0.6) is 5.75 Å². The van der Waals surface area contributed by atoms with Gasteiger partial charge in [-0.05, 0) is 41.1 Å². The third-order valence-electron chi connectivity index (χ3n) is 4.58. The molecule has 1 aliphatic rings. The Hall–Kier alpha value is -2.67. The van der Waals surface area contributed by atoms with Crippen molar-refractivity contribution >= 4 is 17.2 Å². The standard InChI is InChI=1S/C19H19N3O3S/c1-24-16-3-2-13-6-8-22(11-15(13)10-16)18(23)5-4-17-20-19(21-25-17)14-7-9-26-12-14/h2-3,7,9-10,12H,4-6,8,11H2,1H3. The lowest BCUT2D eigenvalue weighted by Crippen LogP contribution is -2.36. The molecule has 6 nitrogen and oxygen atoms in total. The molecule has 0 aliphatic carbocycles. The first-order valence-corrected chi connectivity index (χ1v) is 9.46. The highest BCUT2D eigenvalue weighted by Gasteiger charge is 2.21. The second kappa shape index (κ2) is 7.29. The molecule has 2 aromatic heterocycles. The monoisotopic (exact) mass is 369 g/mol. The van der Waals surface area contributed by atoms with Gasteiger partial charge in [0.15, 0.2) is 0 Å². The lowest BCUT2D eigenvalue weighted by Gasteiger charge is -2.29. The van der Waals surface area contributed by atoms with Crippen molar-refractivity contribution in [1.82, 2.24) is 15.0 Å². The molecular weight excluding hydrogens is 350 g/mol. The van der Waals surface area contributed by atoms with Crippen LogP contribution in [0.4, 0.5) is 0 Å². The molecule has 0 unspecified atom stereocenters. The molecule has 3 aromatic rings. The maximum atomic E-state index is 12.6. The maximum Gasteiger partial charge on any atom is 0.227 e. The van der Waals surface area contributed by atoms with Crippen molar-refractivity contribution in [3.8, 4) is 17.1 Å². The van der Waals surface area contributed by atoms with Crippen molar-refractivity contribution in [3.05, 3.63) is 52.0 Å². The Morgan fingerprint density at radius 2 is 2.27 bits per heavy atom. The number of hydrogen-bond acceptors (Lipinski definition) is 6. The number of fused-ring (bicyclic) bond motifs is 1. The van der Waals surface area contributed by atoms with Gasteiger partial charge in [0.2, 0.25) is 17.6 Å². The first-order valence-electron chi connectivity index (χ1n) is 8.51. The number of amides is 1. The first kappa shape index (κ1) is 16.8. The van der Waals surface area contributed by atoms with Gasteiger partial charge in [-0.2, -0.15) is 16.3 Å². The Labute approximate surface area is 155 Å². The number of hydrogen-bond donors (Lipinski definition) is 0. The van der Waals surface area contributed by atoms with E-state index < -0.39 is 0 Å². The number of rotatable bonds is 5. The summed E-state index contributed by atoms with van der Waals surface area (Å²) in [6.07, 6.45) is 1.69. The van der Waals surface area contributed by atoms with Crippen molar-refractivity contribution in [1.29, 1.82) is 0 Å². The summed E-state index contributed by atoms with van der Waals surface area (Å²) in [5.74, 6) is 2.00. The largest absolute Gasteiger partial charge is 0.497 e. The highest BCUT2D eigenvalue weighted by atomic mass is 32.1. The second-order valence-corrected chi connectivity index (χ2v) is 7.00. The zero-order valence-electron chi connectivity index (χ0n) is 14.5. The van der Waals surface area contributed by atoms with Crippen molar-refractivity contribution in [2.75, 3.05) is 13.7 Å². The molecule has 0 bridgehead atoms. The molecule has 0 radical (unpaired) electrons. The summed E-state index contributed by atoms with van der Waals surface area (Å²) < 4.78 is 10.6. The fourth-order valence-corrected chi connectivity index (χ4v) is 3.74. The van der Waals surface area contributed by atoms with Crippen LogP contribution < -0.4 is 4.74 Å². The van der Waals surface area contributed by atoms with E-state index in [1.165, 1.54) is 5.56 Å². The molecule has 1 amide bonds. The van der Waals surface area contributed by atoms with Gasteiger partial charge >= 0.3 is 0 Å². The van der Waals surface area contributed by atoms with Crippen LogP contribution in [0.25, 0.3) is 11.4 Å². The smallest absolute Gasteiger partial charge is 0.227 e. The van der Waals surface area contributed by atoms with E-state index in [1.54, 1.807) is 18.4 Å². The van der Waals surface area contributed by atoms with Gasteiger partial charge in [0, 0.05) is 36.9 Å². The van der Waals surface area contributed by atoms with E-state index in [-0.39, 0.29) is 5.91 Å². The minimum absolute atomic E-state index is 0.105. The molecule has 1 aromatic carbocycles. The Kier molecular flexibility index (Phi) is 4.71. The number of methoxy groups -OCH3 is 1. The van der Waals surface area contributed by atoms with Gasteiger partial charge in [-0.1, -0.05) is 11.2 Å². The topological polar surface area (TPSA) is 68.5 Å².